The lowest BCUT2D eigenvalue weighted by Gasteiger charge is -2.12. The van der Waals surface area contributed by atoms with Crippen molar-refractivity contribution in [2.75, 3.05) is 0 Å². The van der Waals surface area contributed by atoms with Crippen LogP contribution in [-0.2, 0) is 6.54 Å². The van der Waals surface area contributed by atoms with Gasteiger partial charge in [-0.3, -0.25) is 0 Å². The number of benzene rings is 1. The summed E-state index contributed by atoms with van der Waals surface area (Å²) in [6, 6.07) is 6.05. The Balaban J connectivity index is 2.40. The zero-order valence-corrected chi connectivity index (χ0v) is 11.8. The Labute approximate surface area is 113 Å². The molecule has 4 heteroatoms. The highest BCUT2D eigenvalue weighted by Crippen LogP contribution is 2.26. The first-order valence-electron chi connectivity index (χ1n) is 6.30. The molecule has 0 unspecified atom stereocenters. The topological polar surface area (TPSA) is 61.0 Å². The van der Waals surface area contributed by atoms with E-state index in [1.807, 2.05) is 39.8 Å². The number of aryl methyl sites for hydroxylation is 3. The van der Waals surface area contributed by atoms with Gasteiger partial charge in [0.2, 0.25) is 5.88 Å². The van der Waals surface area contributed by atoms with Crippen molar-refractivity contribution in [1.29, 1.82) is 0 Å². The van der Waals surface area contributed by atoms with Crippen molar-refractivity contribution in [3.05, 3.63) is 46.1 Å². The van der Waals surface area contributed by atoms with Crippen molar-refractivity contribution in [3.63, 3.8) is 0 Å². The van der Waals surface area contributed by atoms with Gasteiger partial charge in [0.1, 0.15) is 5.75 Å². The van der Waals surface area contributed by atoms with Crippen molar-refractivity contribution in [3.8, 4) is 11.6 Å². The second-order valence-electron chi connectivity index (χ2n) is 4.82. The van der Waals surface area contributed by atoms with E-state index in [1.54, 1.807) is 0 Å². The first-order valence-corrected chi connectivity index (χ1v) is 6.30. The molecule has 0 atom stereocenters. The maximum absolute atomic E-state index is 5.84. The van der Waals surface area contributed by atoms with Crippen LogP contribution in [0.4, 0.5) is 0 Å². The summed E-state index contributed by atoms with van der Waals surface area (Å²) < 4.78 is 5.84. The Morgan fingerprint density at radius 1 is 1.00 bits per heavy atom. The second kappa shape index (κ2) is 5.36. The van der Waals surface area contributed by atoms with Gasteiger partial charge in [-0.1, -0.05) is 6.07 Å². The average molecular weight is 257 g/mol. The summed E-state index contributed by atoms with van der Waals surface area (Å²) in [4.78, 5) is 0. The minimum absolute atomic E-state index is 0.391. The van der Waals surface area contributed by atoms with Gasteiger partial charge in [-0.2, -0.15) is 5.10 Å². The summed E-state index contributed by atoms with van der Waals surface area (Å²) in [7, 11) is 0. The molecule has 1 aromatic heterocycles. The Kier molecular flexibility index (Phi) is 3.81. The van der Waals surface area contributed by atoms with Crippen LogP contribution >= 0.6 is 0 Å². The van der Waals surface area contributed by atoms with Gasteiger partial charge >= 0.3 is 0 Å². The Morgan fingerprint density at radius 3 is 2.21 bits per heavy atom. The van der Waals surface area contributed by atoms with Crippen LogP contribution in [0.1, 0.15) is 27.9 Å². The first-order chi connectivity index (χ1) is 9.01. The standard InChI is InChI=1S/C15H19N3O/c1-9-5-10(2)7-13(6-9)19-15-14(8-16)11(3)12(4)17-18-15/h5-7H,8,16H2,1-4H3. The zero-order valence-electron chi connectivity index (χ0n) is 11.8. The van der Waals surface area contributed by atoms with Crippen LogP contribution in [0.15, 0.2) is 18.2 Å². The molecule has 0 aliphatic heterocycles. The summed E-state index contributed by atoms with van der Waals surface area (Å²) in [5, 5.41) is 8.21. The third kappa shape index (κ3) is 2.90. The summed E-state index contributed by atoms with van der Waals surface area (Å²) in [5.74, 6) is 1.26. The molecular formula is C15H19N3O. The lowest BCUT2D eigenvalue weighted by molar-refractivity contribution is 0.446. The largest absolute Gasteiger partial charge is 0.437 e. The maximum Gasteiger partial charge on any atom is 0.243 e. The predicted octanol–water partition coefficient (Wildman–Crippen LogP) is 2.96. The minimum Gasteiger partial charge on any atom is -0.437 e. The molecule has 4 nitrogen and oxygen atoms in total. The molecule has 0 radical (unpaired) electrons. The molecule has 0 saturated carbocycles. The number of rotatable bonds is 3. The second-order valence-corrected chi connectivity index (χ2v) is 4.82. The highest BCUT2D eigenvalue weighted by molar-refractivity contribution is 5.40. The molecule has 2 N–H and O–H groups in total. The van der Waals surface area contributed by atoms with E-state index in [0.717, 1.165) is 33.7 Å². The summed E-state index contributed by atoms with van der Waals surface area (Å²) in [6.07, 6.45) is 0. The lowest BCUT2D eigenvalue weighted by atomic mass is 10.1. The van der Waals surface area contributed by atoms with Crippen molar-refractivity contribution in [2.45, 2.75) is 34.2 Å². The number of aromatic nitrogens is 2. The molecule has 0 amide bonds. The van der Waals surface area contributed by atoms with Crippen molar-refractivity contribution < 1.29 is 4.74 Å². The van der Waals surface area contributed by atoms with Crippen molar-refractivity contribution in [2.24, 2.45) is 5.73 Å². The van der Waals surface area contributed by atoms with Crippen LogP contribution in [-0.4, -0.2) is 10.2 Å². The Hall–Kier alpha value is -1.94. The normalized spacial score (nSPS) is 10.6. The van der Waals surface area contributed by atoms with Crippen molar-refractivity contribution >= 4 is 0 Å². The van der Waals surface area contributed by atoms with Gasteiger partial charge < -0.3 is 10.5 Å². The lowest BCUT2D eigenvalue weighted by Crippen LogP contribution is -2.07. The summed E-state index contributed by atoms with van der Waals surface area (Å²) in [6.45, 7) is 8.37. The number of ether oxygens (including phenoxy) is 1. The smallest absolute Gasteiger partial charge is 0.243 e. The van der Waals surface area contributed by atoms with Gasteiger partial charge in [0.15, 0.2) is 0 Å². The van der Waals surface area contributed by atoms with Gasteiger partial charge in [0.05, 0.1) is 5.69 Å². The third-order valence-electron chi connectivity index (χ3n) is 3.16. The number of hydrogen-bond acceptors (Lipinski definition) is 4. The number of nitrogens with two attached hydrogens (primary N) is 1. The van der Waals surface area contributed by atoms with E-state index in [9.17, 15) is 0 Å². The van der Waals surface area contributed by atoms with Gasteiger partial charge in [0.25, 0.3) is 0 Å². The predicted molar refractivity (Wildman–Crippen MR) is 75.4 cm³/mol. The highest BCUT2D eigenvalue weighted by Gasteiger charge is 2.12. The zero-order chi connectivity index (χ0) is 14.0. The molecule has 2 rings (SSSR count). The summed E-state index contributed by atoms with van der Waals surface area (Å²) >= 11 is 0. The maximum atomic E-state index is 5.84. The van der Waals surface area contributed by atoms with Crippen LogP contribution in [0.2, 0.25) is 0 Å². The van der Waals surface area contributed by atoms with Gasteiger partial charge in [-0.05, 0) is 56.5 Å². The molecule has 0 aliphatic rings. The molecule has 0 saturated heterocycles. The molecule has 1 aromatic carbocycles. The van der Waals surface area contributed by atoms with Crippen LogP contribution in [0.25, 0.3) is 0 Å². The van der Waals surface area contributed by atoms with Crippen molar-refractivity contribution in [1.82, 2.24) is 10.2 Å². The van der Waals surface area contributed by atoms with E-state index in [1.165, 1.54) is 0 Å². The molecule has 0 bridgehead atoms. The average Bonchev–Trinajstić information content (AvgIpc) is 2.33. The molecule has 2 aromatic rings. The molecule has 0 fully saturated rings. The Bertz CT molecular complexity index is 588. The molecule has 100 valence electrons. The quantitative estimate of drug-likeness (QED) is 0.918. The summed E-state index contributed by atoms with van der Waals surface area (Å²) in [5.41, 5.74) is 10.9. The van der Waals surface area contributed by atoms with E-state index in [2.05, 4.69) is 16.3 Å². The third-order valence-corrected chi connectivity index (χ3v) is 3.16. The molecule has 0 spiro atoms. The minimum atomic E-state index is 0.391. The van der Waals surface area contributed by atoms with Gasteiger partial charge in [-0.15, -0.1) is 5.10 Å². The fourth-order valence-electron chi connectivity index (χ4n) is 2.06. The highest BCUT2D eigenvalue weighted by atomic mass is 16.5. The Morgan fingerprint density at radius 2 is 1.63 bits per heavy atom. The molecule has 1 heterocycles. The van der Waals surface area contributed by atoms with Gasteiger partial charge in [0, 0.05) is 12.1 Å². The van der Waals surface area contributed by atoms with E-state index >= 15 is 0 Å². The fourth-order valence-corrected chi connectivity index (χ4v) is 2.06. The monoisotopic (exact) mass is 257 g/mol. The van der Waals surface area contributed by atoms with Crippen LogP contribution in [0.3, 0.4) is 0 Å². The van der Waals surface area contributed by atoms with Crippen LogP contribution < -0.4 is 10.5 Å². The van der Waals surface area contributed by atoms with Gasteiger partial charge in [-0.25, -0.2) is 0 Å². The van der Waals surface area contributed by atoms with Crippen LogP contribution in [0, 0.1) is 27.7 Å². The fraction of sp³-hybridized carbons (Fsp3) is 0.333. The van der Waals surface area contributed by atoms with E-state index in [0.29, 0.717) is 12.4 Å². The SMILES string of the molecule is Cc1cc(C)cc(Oc2nnc(C)c(C)c2CN)c1. The molecule has 19 heavy (non-hydrogen) atoms. The molecule has 0 aliphatic carbocycles. The van der Waals surface area contributed by atoms with Crippen LogP contribution in [0.5, 0.6) is 11.6 Å². The van der Waals surface area contributed by atoms with E-state index in [4.69, 9.17) is 10.5 Å². The molecular weight excluding hydrogens is 238 g/mol. The van der Waals surface area contributed by atoms with E-state index < -0.39 is 0 Å². The van der Waals surface area contributed by atoms with E-state index in [-0.39, 0.29) is 0 Å². The number of hydrogen-bond donors (Lipinski definition) is 1. The first kappa shape index (κ1) is 13.5. The number of nitrogens with zero attached hydrogens (tertiary/aromatic N) is 2.